The number of imidazole rings is 1. The SMILES string of the molecule is CC(C)(C)OC(=O)NC1(C2=CCC(n3c(C4CCC=NC4N)nc4ccc(-c5cccc(CCC(O)O)c5)nc43)C=C2)CCC1. The third kappa shape index (κ3) is 6.73. The van der Waals surface area contributed by atoms with Crippen molar-refractivity contribution in [2.45, 2.75) is 108 Å². The van der Waals surface area contributed by atoms with E-state index in [1.54, 1.807) is 0 Å². The van der Waals surface area contributed by atoms with E-state index >= 15 is 0 Å². The number of benzene rings is 1. The summed E-state index contributed by atoms with van der Waals surface area (Å²) in [5.41, 5.74) is 11.0. The van der Waals surface area contributed by atoms with Crippen molar-refractivity contribution in [3.05, 3.63) is 71.6 Å². The van der Waals surface area contributed by atoms with Crippen molar-refractivity contribution in [3.8, 4) is 11.3 Å². The highest BCUT2D eigenvalue weighted by atomic mass is 16.6. The normalized spacial score (nSPS) is 22.7. The van der Waals surface area contributed by atoms with Crippen molar-refractivity contribution in [1.82, 2.24) is 19.9 Å². The maximum atomic E-state index is 12.7. The number of rotatable bonds is 8. The number of aryl methyl sites for hydroxylation is 1. The number of nitrogens with zero attached hydrogens (tertiary/aromatic N) is 4. The van der Waals surface area contributed by atoms with Crippen LogP contribution >= 0.6 is 0 Å². The van der Waals surface area contributed by atoms with E-state index in [1.807, 2.05) is 57.3 Å². The van der Waals surface area contributed by atoms with Crippen LogP contribution in [0.1, 0.15) is 89.1 Å². The Balaban J connectivity index is 1.34. The molecule has 6 rings (SSSR count). The molecule has 1 aromatic carbocycles. The van der Waals surface area contributed by atoms with Gasteiger partial charge in [-0.1, -0.05) is 36.4 Å². The topological polar surface area (TPSA) is 148 Å². The molecular formula is C35H44N6O4. The van der Waals surface area contributed by atoms with Crippen molar-refractivity contribution in [1.29, 1.82) is 0 Å². The van der Waals surface area contributed by atoms with E-state index in [4.69, 9.17) is 20.4 Å². The molecule has 45 heavy (non-hydrogen) atoms. The van der Waals surface area contributed by atoms with E-state index in [-0.39, 0.29) is 30.6 Å². The van der Waals surface area contributed by atoms with Gasteiger partial charge >= 0.3 is 6.09 Å². The molecule has 5 N–H and O–H groups in total. The zero-order valence-corrected chi connectivity index (χ0v) is 26.3. The van der Waals surface area contributed by atoms with Crippen LogP contribution in [-0.2, 0) is 11.2 Å². The maximum absolute atomic E-state index is 12.7. The molecule has 1 saturated carbocycles. The van der Waals surface area contributed by atoms with E-state index in [0.717, 1.165) is 77.9 Å². The minimum atomic E-state index is -1.34. The first-order valence-electron chi connectivity index (χ1n) is 16.0. The summed E-state index contributed by atoms with van der Waals surface area (Å²) < 4.78 is 7.82. The number of aromatic nitrogens is 3. The van der Waals surface area contributed by atoms with Crippen LogP contribution in [0.3, 0.4) is 0 Å². The molecule has 1 amide bonds. The van der Waals surface area contributed by atoms with E-state index in [9.17, 15) is 15.0 Å². The number of hydrogen-bond acceptors (Lipinski definition) is 8. The second-order valence-corrected chi connectivity index (χ2v) is 13.5. The Morgan fingerprint density at radius 2 is 2.02 bits per heavy atom. The maximum Gasteiger partial charge on any atom is 0.408 e. The number of allylic oxidation sites excluding steroid dienone is 2. The molecule has 2 aromatic heterocycles. The van der Waals surface area contributed by atoms with Gasteiger partial charge in [-0.3, -0.25) is 4.99 Å². The fourth-order valence-electron chi connectivity index (χ4n) is 6.60. The lowest BCUT2D eigenvalue weighted by Crippen LogP contribution is -2.55. The number of nitrogens with one attached hydrogen (secondary N) is 1. The lowest BCUT2D eigenvalue weighted by Gasteiger charge is -2.44. The van der Waals surface area contributed by atoms with Gasteiger partial charge < -0.3 is 30.6 Å². The highest BCUT2D eigenvalue weighted by molar-refractivity contribution is 5.77. The molecule has 0 saturated heterocycles. The lowest BCUT2D eigenvalue weighted by molar-refractivity contribution is -0.0447. The molecule has 3 aromatic rings. The molecule has 1 aliphatic heterocycles. The number of pyridine rings is 1. The molecule has 0 bridgehead atoms. The third-order valence-corrected chi connectivity index (χ3v) is 9.02. The second kappa shape index (κ2) is 12.5. The van der Waals surface area contributed by atoms with Crippen molar-refractivity contribution in [2.75, 3.05) is 0 Å². The van der Waals surface area contributed by atoms with Crippen LogP contribution in [-0.4, -0.2) is 60.7 Å². The van der Waals surface area contributed by atoms with Crippen LogP contribution in [0.25, 0.3) is 22.4 Å². The van der Waals surface area contributed by atoms with Gasteiger partial charge in [0.25, 0.3) is 0 Å². The summed E-state index contributed by atoms with van der Waals surface area (Å²) in [5.74, 6) is 0.855. The van der Waals surface area contributed by atoms with Gasteiger partial charge in [-0.2, -0.15) is 0 Å². The molecule has 3 unspecified atom stereocenters. The average Bonchev–Trinajstić information content (AvgIpc) is 3.36. The first-order chi connectivity index (χ1) is 21.5. The number of carbonyl (C=O) groups is 1. The molecule has 0 radical (unpaired) electrons. The summed E-state index contributed by atoms with van der Waals surface area (Å²) in [5, 5.41) is 21.9. The Kier molecular flexibility index (Phi) is 8.65. The quantitative estimate of drug-likeness (QED) is 0.247. The van der Waals surface area contributed by atoms with Crippen molar-refractivity contribution in [3.63, 3.8) is 0 Å². The van der Waals surface area contributed by atoms with Gasteiger partial charge in [-0.15, -0.1) is 0 Å². The molecule has 2 aliphatic carbocycles. The van der Waals surface area contributed by atoms with Crippen molar-refractivity contribution >= 4 is 23.5 Å². The minimum Gasteiger partial charge on any atom is -0.444 e. The number of aliphatic hydroxyl groups is 2. The number of fused-ring (bicyclic) bond motifs is 1. The zero-order chi connectivity index (χ0) is 31.8. The number of nitrogens with two attached hydrogens (primary N) is 1. The molecule has 238 valence electrons. The van der Waals surface area contributed by atoms with Gasteiger partial charge in [0.15, 0.2) is 11.9 Å². The Hall–Kier alpha value is -3.86. The standard InChI is InChI=1S/C35H44N6O4/c1-34(2,3)45-33(44)40-35(18-6-19-35)24-11-13-25(14-12-24)41-31(26-9-5-20-37-30(26)36)39-28-16-15-27(38-32(28)41)23-8-4-7-22(21-23)10-17-29(42)43/h4,7-8,11-13,15-16,20-21,25-26,29-30,42-43H,5-6,9-10,14,17-19,36H2,1-3H3,(H,40,44). The van der Waals surface area contributed by atoms with Crippen LogP contribution in [0.15, 0.2) is 65.2 Å². The number of ether oxygens (including phenoxy) is 1. The number of alkyl carbamates (subject to hydrolysis) is 1. The van der Waals surface area contributed by atoms with Crippen molar-refractivity contribution < 1.29 is 19.7 Å². The molecule has 10 heteroatoms. The average molecular weight is 613 g/mol. The fraction of sp³-hybridized carbons (Fsp3) is 0.486. The molecule has 3 atom stereocenters. The smallest absolute Gasteiger partial charge is 0.408 e. The van der Waals surface area contributed by atoms with Gasteiger partial charge in [0.2, 0.25) is 0 Å². The first-order valence-corrected chi connectivity index (χ1v) is 16.0. The van der Waals surface area contributed by atoms with Crippen LogP contribution in [0.2, 0.25) is 0 Å². The fourth-order valence-corrected chi connectivity index (χ4v) is 6.60. The number of hydrogen-bond donors (Lipinski definition) is 4. The van der Waals surface area contributed by atoms with E-state index in [0.29, 0.717) is 6.42 Å². The predicted octanol–water partition coefficient (Wildman–Crippen LogP) is 5.45. The second-order valence-electron chi connectivity index (χ2n) is 13.5. The summed E-state index contributed by atoms with van der Waals surface area (Å²) >= 11 is 0. The van der Waals surface area contributed by atoms with E-state index in [1.165, 1.54) is 0 Å². The zero-order valence-electron chi connectivity index (χ0n) is 26.3. The summed E-state index contributed by atoms with van der Waals surface area (Å²) in [6, 6.07) is 12.0. The number of aliphatic imine (C=N–C) groups is 1. The minimum absolute atomic E-state index is 0.0357. The van der Waals surface area contributed by atoms with Crippen LogP contribution < -0.4 is 11.1 Å². The highest BCUT2D eigenvalue weighted by Gasteiger charge is 2.43. The van der Waals surface area contributed by atoms with Gasteiger partial charge in [-0.05, 0) is 95.1 Å². The summed E-state index contributed by atoms with van der Waals surface area (Å²) in [4.78, 5) is 27.5. The van der Waals surface area contributed by atoms with E-state index in [2.05, 4.69) is 39.2 Å². The molecule has 3 heterocycles. The number of aliphatic hydroxyl groups excluding tert-OH is 1. The Bertz CT molecular complexity index is 1650. The van der Waals surface area contributed by atoms with E-state index < -0.39 is 17.4 Å². The molecule has 3 aliphatic rings. The number of carbonyl (C=O) groups excluding carboxylic acids is 1. The monoisotopic (exact) mass is 612 g/mol. The largest absolute Gasteiger partial charge is 0.444 e. The Labute approximate surface area is 264 Å². The van der Waals surface area contributed by atoms with Gasteiger partial charge in [0.05, 0.1) is 23.2 Å². The molecular weight excluding hydrogens is 568 g/mol. The molecule has 10 nitrogen and oxygen atoms in total. The van der Waals surface area contributed by atoms with Crippen LogP contribution in [0.5, 0.6) is 0 Å². The Morgan fingerprint density at radius 3 is 2.69 bits per heavy atom. The van der Waals surface area contributed by atoms with Crippen LogP contribution in [0.4, 0.5) is 4.79 Å². The lowest BCUT2D eigenvalue weighted by atomic mass is 9.70. The third-order valence-electron chi connectivity index (χ3n) is 9.02. The highest BCUT2D eigenvalue weighted by Crippen LogP contribution is 2.43. The van der Waals surface area contributed by atoms with Gasteiger partial charge in [0, 0.05) is 18.2 Å². The van der Waals surface area contributed by atoms with Gasteiger partial charge in [0.1, 0.15) is 23.1 Å². The summed E-state index contributed by atoms with van der Waals surface area (Å²) in [7, 11) is 0. The summed E-state index contributed by atoms with van der Waals surface area (Å²) in [6.45, 7) is 5.62. The van der Waals surface area contributed by atoms with Crippen molar-refractivity contribution in [2.24, 2.45) is 10.7 Å². The van der Waals surface area contributed by atoms with Gasteiger partial charge in [-0.25, -0.2) is 14.8 Å². The Morgan fingerprint density at radius 1 is 1.20 bits per heavy atom. The summed E-state index contributed by atoms with van der Waals surface area (Å²) in [6.07, 6.45) is 12.4. The predicted molar refractivity (Wildman–Crippen MR) is 175 cm³/mol. The first kappa shape index (κ1) is 31.1. The molecule has 1 fully saturated rings. The number of amides is 1. The molecule has 0 spiro atoms. The van der Waals surface area contributed by atoms with Crippen LogP contribution in [0, 0.1) is 0 Å².